The van der Waals surface area contributed by atoms with Crippen LogP contribution in [0, 0.1) is 5.92 Å². The van der Waals surface area contributed by atoms with E-state index >= 15 is 0 Å². The molecule has 44 heavy (non-hydrogen) atoms. The normalized spacial score (nSPS) is 17.7. The molecule has 12 heteroatoms. The van der Waals surface area contributed by atoms with Crippen molar-refractivity contribution in [3.05, 3.63) is 111 Å². The van der Waals surface area contributed by atoms with E-state index in [1.54, 1.807) is 36.5 Å². The molecule has 4 aromatic rings. The zero-order valence-corrected chi connectivity index (χ0v) is 24.9. The van der Waals surface area contributed by atoms with Crippen molar-refractivity contribution in [2.24, 2.45) is 11.0 Å². The van der Waals surface area contributed by atoms with Crippen LogP contribution in [0.3, 0.4) is 0 Å². The number of anilines is 1. The molecule has 11 nitrogen and oxygen atoms in total. The molecule has 2 aliphatic heterocycles. The van der Waals surface area contributed by atoms with Crippen LogP contribution in [0.5, 0.6) is 5.75 Å². The van der Waals surface area contributed by atoms with Gasteiger partial charge < -0.3 is 19.6 Å². The first-order valence-corrected chi connectivity index (χ1v) is 14.9. The predicted molar refractivity (Wildman–Crippen MR) is 167 cm³/mol. The summed E-state index contributed by atoms with van der Waals surface area (Å²) in [6, 6.07) is 18.0. The van der Waals surface area contributed by atoms with Gasteiger partial charge in [-0.05, 0) is 73.4 Å². The van der Waals surface area contributed by atoms with Crippen molar-refractivity contribution in [2.75, 3.05) is 25.0 Å². The molecule has 2 amide bonds. The second-order valence-electron chi connectivity index (χ2n) is 11.0. The van der Waals surface area contributed by atoms with Gasteiger partial charge >= 0.3 is 0 Å². The lowest BCUT2D eigenvalue weighted by molar-refractivity contribution is 0.0936. The summed E-state index contributed by atoms with van der Waals surface area (Å²) in [6.45, 7) is 5.68. The molecule has 1 fully saturated rings. The third kappa shape index (κ3) is 6.43. The third-order valence-corrected chi connectivity index (χ3v) is 8.15. The molecular weight excluding hydrogens is 582 g/mol. The summed E-state index contributed by atoms with van der Waals surface area (Å²) in [7, 11) is 0. The second kappa shape index (κ2) is 12.9. The molecular formula is C32H32ClN7O4. The maximum Gasteiger partial charge on any atom is 0.292 e. The maximum atomic E-state index is 12.8. The highest BCUT2D eigenvalue weighted by molar-refractivity contribution is 6.30. The van der Waals surface area contributed by atoms with Crippen LogP contribution in [0.15, 0.2) is 76.9 Å². The summed E-state index contributed by atoms with van der Waals surface area (Å²) >= 11 is 5.91. The number of nitrogens with zero attached hydrogens (tertiary/aromatic N) is 4. The van der Waals surface area contributed by atoms with Gasteiger partial charge in [0.15, 0.2) is 5.69 Å². The van der Waals surface area contributed by atoms with Gasteiger partial charge in [0.25, 0.3) is 17.4 Å². The van der Waals surface area contributed by atoms with Crippen LogP contribution < -0.4 is 21.0 Å². The highest BCUT2D eigenvalue weighted by Crippen LogP contribution is 2.36. The monoisotopic (exact) mass is 613 g/mol. The summed E-state index contributed by atoms with van der Waals surface area (Å²) in [5, 5.41) is 7.37. The van der Waals surface area contributed by atoms with Crippen LogP contribution in [-0.2, 0) is 13.1 Å². The molecule has 4 heterocycles. The van der Waals surface area contributed by atoms with Gasteiger partial charge in [-0.2, -0.15) is 5.10 Å². The van der Waals surface area contributed by atoms with E-state index in [0.717, 1.165) is 48.6 Å². The molecule has 2 aliphatic rings. The number of carbonyl (C=O) groups excluding carboxylic acids is 2. The largest absolute Gasteiger partial charge is 0.494 e. The van der Waals surface area contributed by atoms with E-state index in [-0.39, 0.29) is 16.9 Å². The highest BCUT2D eigenvalue weighted by Gasteiger charge is 2.34. The van der Waals surface area contributed by atoms with Gasteiger partial charge in [0.05, 0.1) is 19.1 Å². The Kier molecular flexibility index (Phi) is 8.58. The predicted octanol–water partition coefficient (Wildman–Crippen LogP) is 4.26. The Morgan fingerprint density at radius 1 is 1.11 bits per heavy atom. The minimum absolute atomic E-state index is 0.00907. The van der Waals surface area contributed by atoms with Crippen molar-refractivity contribution in [1.29, 1.82) is 0 Å². The Labute approximate surface area is 258 Å². The van der Waals surface area contributed by atoms with Gasteiger partial charge in [-0.1, -0.05) is 17.7 Å². The second-order valence-corrected chi connectivity index (χ2v) is 11.4. The maximum absolute atomic E-state index is 12.8. The fraction of sp³-hybridized carbons (Fsp3) is 0.281. The Morgan fingerprint density at radius 2 is 1.95 bits per heavy atom. The first kappa shape index (κ1) is 29.3. The van der Waals surface area contributed by atoms with Crippen molar-refractivity contribution in [3.63, 3.8) is 0 Å². The van der Waals surface area contributed by atoms with Crippen molar-refractivity contribution in [2.45, 2.75) is 32.4 Å². The number of carbonyl (C=O) groups is 2. The van der Waals surface area contributed by atoms with E-state index in [1.807, 2.05) is 35.8 Å². The number of benzene rings is 2. The number of hydrogen-bond acceptors (Lipinski definition) is 7. The fourth-order valence-electron chi connectivity index (χ4n) is 6.05. The summed E-state index contributed by atoms with van der Waals surface area (Å²) in [5.41, 5.74) is 5.90. The average molecular weight is 614 g/mol. The lowest BCUT2D eigenvalue weighted by Crippen LogP contribution is -2.46. The van der Waals surface area contributed by atoms with Gasteiger partial charge in [0, 0.05) is 60.1 Å². The molecule has 1 saturated heterocycles. The number of pyridine rings is 1. The molecule has 0 spiro atoms. The number of hydrazone groups is 1. The smallest absolute Gasteiger partial charge is 0.292 e. The number of ether oxygens (including phenoxy) is 1. The first-order valence-electron chi connectivity index (χ1n) is 14.5. The molecule has 2 unspecified atom stereocenters. The van der Waals surface area contributed by atoms with Crippen LogP contribution in [0.25, 0.3) is 0 Å². The number of H-pyrrole nitrogens is 1. The third-order valence-electron chi connectivity index (χ3n) is 7.90. The quantitative estimate of drug-likeness (QED) is 0.191. The van der Waals surface area contributed by atoms with E-state index in [4.69, 9.17) is 16.3 Å². The molecule has 2 aromatic carbocycles. The Morgan fingerprint density at radius 3 is 2.77 bits per heavy atom. The Hall–Kier alpha value is -4.74. The molecule has 2 atom stereocenters. The molecule has 2 aromatic heterocycles. The Bertz CT molecular complexity index is 1760. The van der Waals surface area contributed by atoms with E-state index in [1.165, 1.54) is 6.33 Å². The molecule has 0 aliphatic carbocycles. The lowest BCUT2D eigenvalue weighted by atomic mass is 9.83. The van der Waals surface area contributed by atoms with E-state index in [0.29, 0.717) is 35.7 Å². The lowest BCUT2D eigenvalue weighted by Gasteiger charge is -2.43. The van der Waals surface area contributed by atoms with Crippen LogP contribution >= 0.6 is 11.6 Å². The number of amides is 2. The number of rotatable bonds is 9. The molecule has 2 bridgehead atoms. The number of imidazole rings is 1. The molecule has 0 saturated carbocycles. The summed E-state index contributed by atoms with van der Waals surface area (Å²) in [5.74, 6) is 0.375. The number of likely N-dealkylation sites (tertiary alicyclic amines) is 1. The van der Waals surface area contributed by atoms with Crippen LogP contribution in [0.2, 0.25) is 5.02 Å². The van der Waals surface area contributed by atoms with Crippen molar-refractivity contribution in [1.82, 2.24) is 24.9 Å². The van der Waals surface area contributed by atoms with Crippen LogP contribution in [0.1, 0.15) is 57.1 Å². The number of nitrogens with one attached hydrogen (secondary N) is 3. The number of aromatic amines is 1. The Balaban J connectivity index is 1.12. The number of hydrogen-bond donors (Lipinski definition) is 3. The number of aromatic nitrogens is 3. The fourth-order valence-corrected chi connectivity index (χ4v) is 6.18. The molecule has 6 rings (SSSR count). The van der Waals surface area contributed by atoms with Crippen molar-refractivity contribution < 1.29 is 14.3 Å². The van der Waals surface area contributed by atoms with Gasteiger partial charge in [-0.25, -0.2) is 10.4 Å². The van der Waals surface area contributed by atoms with Gasteiger partial charge in [0.1, 0.15) is 11.4 Å². The number of halogens is 1. The van der Waals surface area contributed by atoms with Crippen LogP contribution in [-0.4, -0.2) is 57.2 Å². The van der Waals surface area contributed by atoms with Gasteiger partial charge in [-0.15, -0.1) is 0 Å². The number of fused-ring (bicyclic) bond motifs is 4. The van der Waals surface area contributed by atoms with Gasteiger partial charge in [-0.3, -0.25) is 19.3 Å². The van der Waals surface area contributed by atoms with Crippen molar-refractivity contribution >= 4 is 35.3 Å². The van der Waals surface area contributed by atoms with E-state index in [9.17, 15) is 14.4 Å². The zero-order valence-electron chi connectivity index (χ0n) is 24.1. The molecule has 3 N–H and O–H groups in total. The summed E-state index contributed by atoms with van der Waals surface area (Å²) in [6.07, 6.45) is 3.91. The minimum atomic E-state index is -0.630. The first-order chi connectivity index (χ1) is 21.4. The average Bonchev–Trinajstić information content (AvgIpc) is 3.51. The van der Waals surface area contributed by atoms with Crippen LogP contribution in [0.4, 0.5) is 5.69 Å². The van der Waals surface area contributed by atoms with E-state index in [2.05, 4.69) is 36.8 Å². The zero-order chi connectivity index (χ0) is 30.6. The topological polar surface area (TPSA) is 134 Å². The summed E-state index contributed by atoms with van der Waals surface area (Å²) in [4.78, 5) is 47.1. The molecule has 226 valence electrons. The van der Waals surface area contributed by atoms with Crippen molar-refractivity contribution in [3.8, 4) is 5.75 Å². The number of piperidine rings is 1. The van der Waals surface area contributed by atoms with E-state index < -0.39 is 11.8 Å². The standard InChI is InChI=1S/C32H32ClN7O4/c1-2-44-27-11-6-20(12-23(27)18-39-15-21-13-22(17-39)26-4-3-5-28(41)40(26)16-21)14-36-38-32(43)30-29(34-19-35-30)31(42)37-25-9-7-24(33)8-10-25/h3-12,14,19,21-22H,2,13,15-18H2,1H3,(H,34,35)(H,37,42)(H,38,43)/b36-14+. The highest BCUT2D eigenvalue weighted by atomic mass is 35.5. The minimum Gasteiger partial charge on any atom is -0.494 e. The molecule has 0 radical (unpaired) electrons. The SMILES string of the molecule is CCOc1ccc(/C=N/NC(=O)c2nc[nH]c2C(=O)Nc2ccc(Cl)cc2)cc1CN1CC2CC(C1)c1cccc(=O)n1C2. The van der Waals surface area contributed by atoms with Gasteiger partial charge in [0.2, 0.25) is 0 Å². The summed E-state index contributed by atoms with van der Waals surface area (Å²) < 4.78 is 7.87.